The van der Waals surface area contributed by atoms with Crippen molar-refractivity contribution in [1.29, 1.82) is 5.26 Å². The molecule has 1 aromatic rings. The predicted octanol–water partition coefficient (Wildman–Crippen LogP) is 3.11. The Labute approximate surface area is 156 Å². The number of hydrogen-bond donors (Lipinski definition) is 2. The van der Waals surface area contributed by atoms with Crippen LogP contribution in [0.3, 0.4) is 0 Å². The predicted molar refractivity (Wildman–Crippen MR) is 101 cm³/mol. The Bertz CT molecular complexity index is 576. The standard InChI is InChI=1S/C17H25N3O2.2ClH/c1-17(2,3)16(20-9-7-19-8-10-20)14-12(11-18)5-6-13(22-4)15(14)21;;/h5-6,16,19,21H,7-10H2,1-4H3;2*1H/t16-;;/m1../s1. The largest absolute Gasteiger partial charge is 0.504 e. The van der Waals surface area contributed by atoms with Gasteiger partial charge in [0.2, 0.25) is 0 Å². The fraction of sp³-hybridized carbons (Fsp3) is 0.588. The van der Waals surface area contributed by atoms with Gasteiger partial charge in [-0.1, -0.05) is 20.8 Å². The highest BCUT2D eigenvalue weighted by molar-refractivity contribution is 5.85. The lowest BCUT2D eigenvalue weighted by molar-refractivity contribution is 0.0837. The molecule has 1 heterocycles. The van der Waals surface area contributed by atoms with Gasteiger partial charge in [0.15, 0.2) is 11.5 Å². The van der Waals surface area contributed by atoms with Gasteiger partial charge >= 0.3 is 0 Å². The summed E-state index contributed by atoms with van der Waals surface area (Å²) in [5, 5.41) is 23.5. The summed E-state index contributed by atoms with van der Waals surface area (Å²) < 4.78 is 5.25. The SMILES string of the molecule is COc1ccc(C#N)c([C@@H](N2CCNCC2)C(C)(C)C)c1O.Cl.Cl. The number of nitrogens with zero attached hydrogens (tertiary/aromatic N) is 2. The van der Waals surface area contributed by atoms with E-state index in [2.05, 4.69) is 37.1 Å². The molecule has 0 radical (unpaired) electrons. The summed E-state index contributed by atoms with van der Waals surface area (Å²) in [5.74, 6) is 0.499. The number of piperazine rings is 1. The average molecular weight is 376 g/mol. The van der Waals surface area contributed by atoms with Crippen LogP contribution >= 0.6 is 24.8 Å². The highest BCUT2D eigenvalue weighted by atomic mass is 35.5. The van der Waals surface area contributed by atoms with E-state index in [1.165, 1.54) is 7.11 Å². The van der Waals surface area contributed by atoms with E-state index in [-0.39, 0.29) is 42.0 Å². The van der Waals surface area contributed by atoms with Crippen molar-refractivity contribution < 1.29 is 9.84 Å². The molecule has 136 valence electrons. The Hall–Kier alpha value is -1.19. The Morgan fingerprint density at radius 2 is 1.83 bits per heavy atom. The van der Waals surface area contributed by atoms with Gasteiger partial charge in [-0.15, -0.1) is 24.8 Å². The molecular formula is C17H27Cl2N3O2. The van der Waals surface area contributed by atoms with Crippen molar-refractivity contribution in [3.63, 3.8) is 0 Å². The van der Waals surface area contributed by atoms with E-state index in [9.17, 15) is 10.4 Å². The van der Waals surface area contributed by atoms with E-state index < -0.39 is 0 Å². The summed E-state index contributed by atoms with van der Waals surface area (Å²) >= 11 is 0. The lowest BCUT2D eigenvalue weighted by Gasteiger charge is -2.43. The third-order valence-corrected chi connectivity index (χ3v) is 4.13. The quantitative estimate of drug-likeness (QED) is 0.849. The first-order valence-electron chi connectivity index (χ1n) is 7.65. The zero-order chi connectivity index (χ0) is 16.3. The van der Waals surface area contributed by atoms with Gasteiger partial charge in [0.05, 0.1) is 18.7 Å². The summed E-state index contributed by atoms with van der Waals surface area (Å²) in [5.41, 5.74) is 1.07. The molecule has 0 saturated carbocycles. The van der Waals surface area contributed by atoms with E-state index >= 15 is 0 Å². The zero-order valence-electron chi connectivity index (χ0n) is 14.6. The number of nitriles is 1. The number of phenols is 1. The zero-order valence-corrected chi connectivity index (χ0v) is 16.3. The van der Waals surface area contributed by atoms with Gasteiger partial charge in [0.25, 0.3) is 0 Å². The van der Waals surface area contributed by atoms with Crippen LogP contribution in [-0.2, 0) is 0 Å². The van der Waals surface area contributed by atoms with Crippen LogP contribution in [0.4, 0.5) is 0 Å². The second-order valence-electron chi connectivity index (χ2n) is 6.74. The van der Waals surface area contributed by atoms with Crippen molar-refractivity contribution >= 4 is 24.8 Å². The minimum atomic E-state index is -0.118. The highest BCUT2D eigenvalue weighted by Gasteiger charge is 2.36. The lowest BCUT2D eigenvalue weighted by Crippen LogP contribution is -2.48. The normalized spacial score (nSPS) is 16.3. The topological polar surface area (TPSA) is 68.5 Å². The van der Waals surface area contributed by atoms with Crippen molar-refractivity contribution in [2.45, 2.75) is 26.8 Å². The second-order valence-corrected chi connectivity index (χ2v) is 6.74. The smallest absolute Gasteiger partial charge is 0.163 e. The summed E-state index contributed by atoms with van der Waals surface area (Å²) in [4.78, 5) is 2.34. The van der Waals surface area contributed by atoms with Gasteiger partial charge < -0.3 is 15.2 Å². The van der Waals surface area contributed by atoms with E-state index in [1.807, 2.05) is 0 Å². The Morgan fingerprint density at radius 3 is 2.29 bits per heavy atom. The molecule has 1 saturated heterocycles. The molecule has 1 atom stereocenters. The number of ether oxygens (including phenoxy) is 1. The van der Waals surface area contributed by atoms with E-state index in [0.717, 1.165) is 26.2 Å². The maximum atomic E-state index is 10.6. The van der Waals surface area contributed by atoms with Gasteiger partial charge in [-0.2, -0.15) is 5.26 Å². The van der Waals surface area contributed by atoms with Gasteiger partial charge in [-0.3, -0.25) is 4.90 Å². The van der Waals surface area contributed by atoms with Gasteiger partial charge in [-0.05, 0) is 17.5 Å². The number of rotatable bonds is 3. The summed E-state index contributed by atoms with van der Waals surface area (Å²) in [6.07, 6.45) is 0. The molecule has 0 spiro atoms. The van der Waals surface area contributed by atoms with Gasteiger partial charge in [0.1, 0.15) is 0 Å². The second kappa shape index (κ2) is 9.33. The monoisotopic (exact) mass is 375 g/mol. The summed E-state index contributed by atoms with van der Waals surface area (Å²) in [6.45, 7) is 10.0. The molecule has 0 unspecified atom stereocenters. The molecule has 1 aliphatic heterocycles. The molecule has 24 heavy (non-hydrogen) atoms. The number of benzene rings is 1. The highest BCUT2D eigenvalue weighted by Crippen LogP contribution is 2.46. The fourth-order valence-electron chi connectivity index (χ4n) is 3.23. The van der Waals surface area contributed by atoms with Gasteiger partial charge in [-0.25, -0.2) is 0 Å². The van der Waals surface area contributed by atoms with Gasteiger partial charge in [0, 0.05) is 37.8 Å². The van der Waals surface area contributed by atoms with Crippen LogP contribution in [0.1, 0.15) is 37.9 Å². The first-order chi connectivity index (χ1) is 10.4. The fourth-order valence-corrected chi connectivity index (χ4v) is 3.23. The number of aromatic hydroxyl groups is 1. The van der Waals surface area contributed by atoms with Crippen LogP contribution in [0.5, 0.6) is 11.5 Å². The maximum absolute atomic E-state index is 10.6. The molecule has 0 bridgehead atoms. The minimum Gasteiger partial charge on any atom is -0.504 e. The Balaban J connectivity index is 0.00000264. The Kier molecular flexibility index (Phi) is 8.87. The maximum Gasteiger partial charge on any atom is 0.163 e. The van der Waals surface area contributed by atoms with Crippen LogP contribution in [-0.4, -0.2) is 43.3 Å². The van der Waals surface area contributed by atoms with Crippen molar-refractivity contribution in [2.24, 2.45) is 5.41 Å². The van der Waals surface area contributed by atoms with Crippen LogP contribution in [0.15, 0.2) is 12.1 Å². The molecule has 2 N–H and O–H groups in total. The van der Waals surface area contributed by atoms with Crippen molar-refractivity contribution in [1.82, 2.24) is 10.2 Å². The molecule has 1 fully saturated rings. The number of nitrogens with one attached hydrogen (secondary N) is 1. The van der Waals surface area contributed by atoms with Crippen molar-refractivity contribution in [3.8, 4) is 17.6 Å². The molecule has 1 aliphatic rings. The van der Waals surface area contributed by atoms with E-state index in [4.69, 9.17) is 4.74 Å². The molecule has 0 aliphatic carbocycles. The van der Waals surface area contributed by atoms with Crippen LogP contribution in [0.25, 0.3) is 0 Å². The average Bonchev–Trinajstić information content (AvgIpc) is 2.49. The molecule has 0 aromatic heterocycles. The third-order valence-electron chi connectivity index (χ3n) is 4.13. The molecular weight excluding hydrogens is 349 g/mol. The number of halogens is 2. The molecule has 0 amide bonds. The number of hydrogen-bond acceptors (Lipinski definition) is 5. The van der Waals surface area contributed by atoms with Crippen LogP contribution < -0.4 is 10.1 Å². The molecule has 2 rings (SSSR count). The first kappa shape index (κ1) is 22.8. The van der Waals surface area contributed by atoms with E-state index in [1.54, 1.807) is 12.1 Å². The van der Waals surface area contributed by atoms with E-state index in [0.29, 0.717) is 16.9 Å². The third kappa shape index (κ3) is 4.67. The van der Waals surface area contributed by atoms with Crippen LogP contribution in [0, 0.1) is 16.7 Å². The first-order valence-corrected chi connectivity index (χ1v) is 7.65. The van der Waals surface area contributed by atoms with Crippen molar-refractivity contribution in [2.75, 3.05) is 33.3 Å². The summed E-state index contributed by atoms with van der Waals surface area (Å²) in [7, 11) is 1.53. The Morgan fingerprint density at radius 1 is 1.25 bits per heavy atom. The molecule has 7 heteroatoms. The number of phenolic OH excluding ortho intramolecular Hbond substituents is 1. The number of methoxy groups -OCH3 is 1. The molecule has 5 nitrogen and oxygen atoms in total. The summed E-state index contributed by atoms with van der Waals surface area (Å²) in [6, 6.07) is 5.56. The van der Waals surface area contributed by atoms with Crippen LogP contribution in [0.2, 0.25) is 0 Å². The molecule has 1 aromatic carbocycles. The van der Waals surface area contributed by atoms with Crippen molar-refractivity contribution in [3.05, 3.63) is 23.3 Å². The minimum absolute atomic E-state index is 0. The lowest BCUT2D eigenvalue weighted by atomic mass is 9.79.